The molecule has 0 aliphatic heterocycles. The van der Waals surface area contributed by atoms with Crippen LogP contribution in [0.2, 0.25) is 0 Å². The summed E-state index contributed by atoms with van der Waals surface area (Å²) in [5, 5.41) is 2.25. The van der Waals surface area contributed by atoms with Crippen LogP contribution in [0.15, 0.2) is 15.7 Å². The van der Waals surface area contributed by atoms with Crippen LogP contribution in [0.5, 0.6) is 0 Å². The molecule has 2 heteroatoms. The van der Waals surface area contributed by atoms with Gasteiger partial charge in [0.15, 0.2) is 0 Å². The number of thioether (sulfide) groups is 1. The van der Waals surface area contributed by atoms with E-state index in [1.807, 2.05) is 23.1 Å². The lowest BCUT2D eigenvalue weighted by atomic mass is 10.1. The molecule has 1 aromatic heterocycles. The number of rotatable bonds is 2. The average Bonchev–Trinajstić information content (AvgIpc) is 2.34. The summed E-state index contributed by atoms with van der Waals surface area (Å²) in [7, 11) is 0. The topological polar surface area (TPSA) is 0 Å². The minimum atomic E-state index is 0.678. The van der Waals surface area contributed by atoms with Crippen molar-refractivity contribution in [2.24, 2.45) is 0 Å². The van der Waals surface area contributed by atoms with Crippen molar-refractivity contribution in [2.75, 3.05) is 6.26 Å². The number of thiophene rings is 1. The van der Waals surface area contributed by atoms with Crippen LogP contribution >= 0.6 is 23.1 Å². The molecule has 1 rings (SSSR count). The maximum atomic E-state index is 2.28. The molecule has 1 heterocycles. The lowest BCUT2D eigenvalue weighted by Gasteiger charge is -1.96. The molecule has 1 aromatic rings. The molecule has 0 amide bonds. The van der Waals surface area contributed by atoms with E-state index in [9.17, 15) is 0 Å². The lowest BCUT2D eigenvalue weighted by molar-refractivity contribution is 0.870. The Labute approximate surface area is 70.7 Å². The van der Waals surface area contributed by atoms with Crippen molar-refractivity contribution in [3.05, 3.63) is 17.0 Å². The van der Waals surface area contributed by atoms with Crippen LogP contribution in [-0.4, -0.2) is 6.26 Å². The Morgan fingerprint density at radius 3 is 2.50 bits per heavy atom. The van der Waals surface area contributed by atoms with Crippen molar-refractivity contribution in [2.45, 2.75) is 24.0 Å². The molecule has 0 N–H and O–H groups in total. The minimum Gasteiger partial charge on any atom is -0.137 e. The largest absolute Gasteiger partial charge is 0.137 e. The van der Waals surface area contributed by atoms with E-state index in [4.69, 9.17) is 0 Å². The van der Waals surface area contributed by atoms with E-state index in [0.717, 1.165) is 0 Å². The van der Waals surface area contributed by atoms with Gasteiger partial charge in [-0.15, -0.1) is 23.1 Å². The third kappa shape index (κ3) is 1.77. The molecule has 56 valence electrons. The van der Waals surface area contributed by atoms with Crippen molar-refractivity contribution < 1.29 is 0 Å². The van der Waals surface area contributed by atoms with Crippen LogP contribution in [0.1, 0.15) is 25.3 Å². The van der Waals surface area contributed by atoms with Crippen LogP contribution in [-0.2, 0) is 0 Å². The Morgan fingerprint density at radius 1 is 1.50 bits per heavy atom. The predicted molar refractivity (Wildman–Crippen MR) is 50.2 cm³/mol. The maximum absolute atomic E-state index is 2.28. The van der Waals surface area contributed by atoms with Gasteiger partial charge in [0.1, 0.15) is 0 Å². The van der Waals surface area contributed by atoms with Gasteiger partial charge in [0.25, 0.3) is 0 Å². The molecule has 0 aromatic carbocycles. The molecule has 0 bridgehead atoms. The summed E-state index contributed by atoms with van der Waals surface area (Å²) in [6.07, 6.45) is 2.12. The van der Waals surface area contributed by atoms with Gasteiger partial charge in [-0.1, -0.05) is 13.8 Å². The van der Waals surface area contributed by atoms with Crippen molar-refractivity contribution in [1.82, 2.24) is 0 Å². The molecule has 0 unspecified atom stereocenters. The zero-order chi connectivity index (χ0) is 7.56. The zero-order valence-electron chi connectivity index (χ0n) is 6.55. The quantitative estimate of drug-likeness (QED) is 0.614. The molecule has 0 nitrogen and oxygen atoms in total. The summed E-state index contributed by atoms with van der Waals surface area (Å²) in [5.41, 5.74) is 1.47. The fourth-order valence-electron chi connectivity index (χ4n) is 0.740. The van der Waals surface area contributed by atoms with Crippen LogP contribution in [0, 0.1) is 0 Å². The first kappa shape index (κ1) is 8.15. The van der Waals surface area contributed by atoms with Gasteiger partial charge < -0.3 is 0 Å². The van der Waals surface area contributed by atoms with Crippen molar-refractivity contribution in [1.29, 1.82) is 0 Å². The van der Waals surface area contributed by atoms with Crippen molar-refractivity contribution in [3.63, 3.8) is 0 Å². The second-order valence-corrected chi connectivity index (χ2v) is 4.58. The molecule has 0 fully saturated rings. The van der Waals surface area contributed by atoms with Crippen LogP contribution in [0.25, 0.3) is 0 Å². The third-order valence-electron chi connectivity index (χ3n) is 1.46. The highest BCUT2D eigenvalue weighted by molar-refractivity contribution is 8.00. The maximum Gasteiger partial charge on any atom is 0.0598 e. The van der Waals surface area contributed by atoms with E-state index in [1.54, 1.807) is 0 Å². The highest BCUT2D eigenvalue weighted by atomic mass is 32.2. The molecule has 0 atom stereocenters. The molecule has 0 radical (unpaired) electrons. The fourth-order valence-corrected chi connectivity index (χ4v) is 2.32. The van der Waals surface area contributed by atoms with E-state index in [2.05, 4.69) is 31.5 Å². The Morgan fingerprint density at radius 2 is 2.20 bits per heavy atom. The van der Waals surface area contributed by atoms with Crippen molar-refractivity contribution >= 4 is 23.1 Å². The van der Waals surface area contributed by atoms with E-state index >= 15 is 0 Å². The van der Waals surface area contributed by atoms with E-state index in [0.29, 0.717) is 5.92 Å². The Hall–Kier alpha value is 0.0500. The van der Waals surface area contributed by atoms with Crippen LogP contribution in [0.4, 0.5) is 0 Å². The summed E-state index contributed by atoms with van der Waals surface area (Å²) in [5.74, 6) is 0.678. The Balaban J connectivity index is 2.78. The smallest absolute Gasteiger partial charge is 0.0598 e. The second-order valence-electron chi connectivity index (χ2n) is 2.56. The van der Waals surface area contributed by atoms with Gasteiger partial charge in [-0.05, 0) is 29.2 Å². The second kappa shape index (κ2) is 3.44. The highest BCUT2D eigenvalue weighted by Gasteiger charge is 2.01. The number of hydrogen-bond acceptors (Lipinski definition) is 2. The lowest BCUT2D eigenvalue weighted by Crippen LogP contribution is -1.79. The van der Waals surface area contributed by atoms with Crippen LogP contribution in [0.3, 0.4) is 0 Å². The summed E-state index contributed by atoms with van der Waals surface area (Å²) in [6.45, 7) is 4.46. The molecule has 0 spiro atoms. The van der Waals surface area contributed by atoms with E-state index < -0.39 is 0 Å². The standard InChI is InChI=1S/C8H12S2/c1-6(2)7-4-8(9-3)10-5-7/h4-6H,1-3H3. The normalized spacial score (nSPS) is 10.8. The summed E-state index contributed by atoms with van der Waals surface area (Å²) in [4.78, 5) is 0. The first-order valence-corrected chi connectivity index (χ1v) is 5.47. The summed E-state index contributed by atoms with van der Waals surface area (Å²) >= 11 is 3.67. The molecule has 0 aliphatic carbocycles. The molecular weight excluding hydrogens is 160 g/mol. The molecule has 10 heavy (non-hydrogen) atoms. The van der Waals surface area contributed by atoms with Gasteiger partial charge in [-0.25, -0.2) is 0 Å². The Bertz CT molecular complexity index is 201. The number of hydrogen-bond donors (Lipinski definition) is 0. The van der Waals surface area contributed by atoms with Gasteiger partial charge >= 0.3 is 0 Å². The van der Waals surface area contributed by atoms with Crippen LogP contribution < -0.4 is 0 Å². The van der Waals surface area contributed by atoms with Gasteiger partial charge in [-0.3, -0.25) is 0 Å². The molecule has 0 aliphatic rings. The molecular formula is C8H12S2. The Kier molecular flexibility index (Phi) is 2.81. The van der Waals surface area contributed by atoms with E-state index in [1.165, 1.54) is 9.77 Å². The monoisotopic (exact) mass is 172 g/mol. The molecule has 0 saturated carbocycles. The van der Waals surface area contributed by atoms with Gasteiger partial charge in [0.2, 0.25) is 0 Å². The summed E-state index contributed by atoms with van der Waals surface area (Å²) < 4.78 is 1.42. The van der Waals surface area contributed by atoms with Gasteiger partial charge in [-0.2, -0.15) is 0 Å². The third-order valence-corrected chi connectivity index (χ3v) is 3.51. The first-order chi connectivity index (χ1) is 4.74. The van der Waals surface area contributed by atoms with Gasteiger partial charge in [0, 0.05) is 0 Å². The van der Waals surface area contributed by atoms with Gasteiger partial charge in [0.05, 0.1) is 4.21 Å². The minimum absolute atomic E-state index is 0.678. The highest BCUT2D eigenvalue weighted by Crippen LogP contribution is 2.27. The fraction of sp³-hybridized carbons (Fsp3) is 0.500. The SMILES string of the molecule is CSc1cc(C(C)C)cs1. The average molecular weight is 172 g/mol. The first-order valence-electron chi connectivity index (χ1n) is 3.36. The van der Waals surface area contributed by atoms with Crippen molar-refractivity contribution in [3.8, 4) is 0 Å². The molecule has 0 saturated heterocycles. The zero-order valence-corrected chi connectivity index (χ0v) is 8.18. The summed E-state index contributed by atoms with van der Waals surface area (Å²) in [6, 6.07) is 2.28. The predicted octanol–water partition coefficient (Wildman–Crippen LogP) is 3.59. The van der Waals surface area contributed by atoms with E-state index in [-0.39, 0.29) is 0 Å².